The van der Waals surface area contributed by atoms with Crippen molar-refractivity contribution >= 4 is 39.2 Å². The first-order valence-corrected chi connectivity index (χ1v) is 10.7. The van der Waals surface area contributed by atoms with Crippen molar-refractivity contribution in [3.05, 3.63) is 48.5 Å². The van der Waals surface area contributed by atoms with Gasteiger partial charge in [0.1, 0.15) is 18.3 Å². The summed E-state index contributed by atoms with van der Waals surface area (Å²) >= 11 is 0. The molecular formula is C20H21N3O7S. The van der Waals surface area contributed by atoms with Crippen LogP contribution in [0.2, 0.25) is 0 Å². The molecule has 0 bridgehead atoms. The number of nitrogens with zero attached hydrogens (tertiary/aromatic N) is 1. The monoisotopic (exact) mass is 447 g/mol. The largest absolute Gasteiger partial charge is 0.497 e. The molecule has 1 heterocycles. The van der Waals surface area contributed by atoms with Gasteiger partial charge in [0.25, 0.3) is 5.91 Å². The number of benzene rings is 2. The number of hydrogen-bond donors (Lipinski definition) is 2. The lowest BCUT2D eigenvalue weighted by Gasteiger charge is -2.29. The van der Waals surface area contributed by atoms with Gasteiger partial charge < -0.3 is 14.8 Å². The van der Waals surface area contributed by atoms with Gasteiger partial charge in [-0.15, -0.1) is 0 Å². The highest BCUT2D eigenvalue weighted by Crippen LogP contribution is 2.28. The maximum atomic E-state index is 12.5. The van der Waals surface area contributed by atoms with Crippen LogP contribution in [0.3, 0.4) is 0 Å². The van der Waals surface area contributed by atoms with Crippen LogP contribution in [0, 0.1) is 0 Å². The molecule has 2 aromatic rings. The first-order valence-electron chi connectivity index (χ1n) is 9.23. The average Bonchev–Trinajstić information content (AvgIpc) is 2.76. The number of fused-ring (bicyclic) bond motifs is 1. The van der Waals surface area contributed by atoms with E-state index in [0.29, 0.717) is 17.1 Å². The number of anilines is 2. The third-order valence-electron chi connectivity index (χ3n) is 4.46. The third kappa shape index (κ3) is 5.19. The first-order chi connectivity index (χ1) is 14.7. The van der Waals surface area contributed by atoms with Crippen LogP contribution in [0.1, 0.15) is 6.92 Å². The smallest absolute Gasteiger partial charge is 0.324 e. The molecule has 2 aromatic carbocycles. The number of sulfonamides is 1. The number of ether oxygens (including phenoxy) is 2. The second-order valence-corrected chi connectivity index (χ2v) is 8.39. The Morgan fingerprint density at radius 2 is 1.84 bits per heavy atom. The normalized spacial score (nSPS) is 14.3. The summed E-state index contributed by atoms with van der Waals surface area (Å²) in [5, 5.41) is 2.65. The quantitative estimate of drug-likeness (QED) is 0.603. The van der Waals surface area contributed by atoms with Gasteiger partial charge >= 0.3 is 5.97 Å². The van der Waals surface area contributed by atoms with Gasteiger partial charge in [-0.05, 0) is 43.3 Å². The van der Waals surface area contributed by atoms with Crippen molar-refractivity contribution in [2.75, 3.05) is 30.5 Å². The zero-order valence-corrected chi connectivity index (χ0v) is 17.6. The molecule has 1 aliphatic heterocycles. The molecule has 0 aliphatic carbocycles. The minimum absolute atomic E-state index is 0.0556. The number of nitrogens with one attached hydrogen (secondary N) is 2. The maximum absolute atomic E-state index is 12.5. The fourth-order valence-electron chi connectivity index (χ4n) is 2.90. The standard InChI is InChI=1S/C20H21N3O7S/c1-13(22-31(27,28)15-9-7-14(29-2)8-10-15)20(26)30-12-19(25)23-11-18(24)21-16-5-3-4-6-17(16)23/h3-10,13,22H,11-12H2,1-2H3,(H,21,24). The average molecular weight is 447 g/mol. The zero-order valence-electron chi connectivity index (χ0n) is 16.8. The summed E-state index contributed by atoms with van der Waals surface area (Å²) in [5.41, 5.74) is 0.954. The Balaban J connectivity index is 1.60. The lowest BCUT2D eigenvalue weighted by molar-refractivity contribution is -0.149. The van der Waals surface area contributed by atoms with Gasteiger partial charge in [-0.25, -0.2) is 8.42 Å². The van der Waals surface area contributed by atoms with E-state index in [9.17, 15) is 22.8 Å². The predicted octanol–water partition coefficient (Wildman–Crippen LogP) is 0.891. The van der Waals surface area contributed by atoms with Crippen LogP contribution < -0.4 is 19.7 Å². The second-order valence-electron chi connectivity index (χ2n) is 6.67. The van der Waals surface area contributed by atoms with Crippen molar-refractivity contribution in [3.8, 4) is 5.75 Å². The summed E-state index contributed by atoms with van der Waals surface area (Å²) in [6.45, 7) is 0.444. The molecule has 0 fully saturated rings. The highest BCUT2D eigenvalue weighted by atomic mass is 32.2. The van der Waals surface area contributed by atoms with Crippen LogP contribution in [0.5, 0.6) is 5.75 Å². The number of para-hydroxylation sites is 2. The number of hydrogen-bond acceptors (Lipinski definition) is 7. The summed E-state index contributed by atoms with van der Waals surface area (Å²) < 4.78 is 37.0. The molecule has 11 heteroatoms. The molecule has 0 saturated carbocycles. The van der Waals surface area contributed by atoms with Crippen LogP contribution in [-0.4, -0.2) is 52.5 Å². The van der Waals surface area contributed by atoms with Gasteiger partial charge in [-0.2, -0.15) is 4.72 Å². The number of rotatable bonds is 7. The van der Waals surface area contributed by atoms with Crippen molar-refractivity contribution in [1.29, 1.82) is 0 Å². The van der Waals surface area contributed by atoms with Crippen molar-refractivity contribution in [2.45, 2.75) is 17.9 Å². The Morgan fingerprint density at radius 1 is 1.16 bits per heavy atom. The van der Waals surface area contributed by atoms with E-state index in [2.05, 4.69) is 10.0 Å². The highest BCUT2D eigenvalue weighted by Gasteiger charge is 2.28. The van der Waals surface area contributed by atoms with Gasteiger partial charge in [0.05, 0.1) is 23.4 Å². The topological polar surface area (TPSA) is 131 Å². The molecule has 2 amide bonds. The SMILES string of the molecule is COc1ccc(S(=O)(=O)NC(C)C(=O)OCC(=O)N2CC(=O)Nc3ccccc32)cc1. The lowest BCUT2D eigenvalue weighted by Crippen LogP contribution is -2.45. The Morgan fingerprint density at radius 3 is 2.52 bits per heavy atom. The molecule has 0 spiro atoms. The van der Waals surface area contributed by atoms with E-state index in [-0.39, 0.29) is 17.3 Å². The molecular weight excluding hydrogens is 426 g/mol. The Kier molecular flexibility index (Phi) is 6.56. The minimum atomic E-state index is -3.99. The Labute approximate surface area is 179 Å². The van der Waals surface area contributed by atoms with Gasteiger partial charge in [0.2, 0.25) is 15.9 Å². The molecule has 31 heavy (non-hydrogen) atoms. The molecule has 10 nitrogen and oxygen atoms in total. The van der Waals surface area contributed by atoms with E-state index in [1.165, 1.54) is 43.2 Å². The van der Waals surface area contributed by atoms with E-state index in [1.54, 1.807) is 24.3 Å². The summed E-state index contributed by atoms with van der Waals surface area (Å²) in [4.78, 5) is 37.7. The number of amides is 2. The molecule has 0 radical (unpaired) electrons. The fraction of sp³-hybridized carbons (Fsp3) is 0.250. The van der Waals surface area contributed by atoms with Crippen LogP contribution in [0.15, 0.2) is 53.4 Å². The number of carbonyl (C=O) groups is 3. The summed E-state index contributed by atoms with van der Waals surface area (Å²) in [7, 11) is -2.54. The van der Waals surface area contributed by atoms with Gasteiger partial charge in [0, 0.05) is 0 Å². The molecule has 1 atom stereocenters. The van der Waals surface area contributed by atoms with Gasteiger partial charge in [-0.1, -0.05) is 12.1 Å². The van der Waals surface area contributed by atoms with Crippen molar-refractivity contribution in [1.82, 2.24) is 4.72 Å². The van der Waals surface area contributed by atoms with Crippen LogP contribution in [0.4, 0.5) is 11.4 Å². The third-order valence-corrected chi connectivity index (χ3v) is 6.02. The molecule has 0 saturated heterocycles. The van der Waals surface area contributed by atoms with E-state index in [0.717, 1.165) is 0 Å². The zero-order chi connectivity index (χ0) is 22.6. The summed E-state index contributed by atoms with van der Waals surface area (Å²) in [6, 6.07) is 11.1. The van der Waals surface area contributed by atoms with Crippen LogP contribution in [-0.2, 0) is 29.1 Å². The van der Waals surface area contributed by atoms with Gasteiger partial charge in [0.15, 0.2) is 6.61 Å². The van der Waals surface area contributed by atoms with E-state index >= 15 is 0 Å². The predicted molar refractivity (Wildman–Crippen MR) is 111 cm³/mol. The summed E-state index contributed by atoms with van der Waals surface area (Å²) in [5.74, 6) is -1.43. The molecule has 3 rings (SSSR count). The maximum Gasteiger partial charge on any atom is 0.324 e. The van der Waals surface area contributed by atoms with Crippen molar-refractivity contribution in [2.24, 2.45) is 0 Å². The van der Waals surface area contributed by atoms with Gasteiger partial charge in [-0.3, -0.25) is 19.3 Å². The van der Waals surface area contributed by atoms with E-state index in [4.69, 9.17) is 9.47 Å². The van der Waals surface area contributed by atoms with Crippen molar-refractivity contribution < 1.29 is 32.3 Å². The fourth-order valence-corrected chi connectivity index (χ4v) is 4.09. The molecule has 0 aromatic heterocycles. The van der Waals surface area contributed by atoms with E-state index in [1.807, 2.05) is 0 Å². The minimum Gasteiger partial charge on any atom is -0.497 e. The molecule has 164 valence electrons. The molecule has 1 aliphatic rings. The number of methoxy groups -OCH3 is 1. The van der Waals surface area contributed by atoms with Crippen molar-refractivity contribution in [3.63, 3.8) is 0 Å². The highest BCUT2D eigenvalue weighted by molar-refractivity contribution is 7.89. The lowest BCUT2D eigenvalue weighted by atomic mass is 10.2. The second kappa shape index (κ2) is 9.14. The Bertz CT molecular complexity index is 1100. The molecule has 2 N–H and O–H groups in total. The summed E-state index contributed by atoms with van der Waals surface area (Å²) in [6.07, 6.45) is 0. The Hall–Kier alpha value is -3.44. The van der Waals surface area contributed by atoms with Crippen LogP contribution in [0.25, 0.3) is 0 Å². The first kappa shape index (κ1) is 22.2. The van der Waals surface area contributed by atoms with E-state index < -0.39 is 34.5 Å². The number of carbonyl (C=O) groups excluding carboxylic acids is 3. The van der Waals surface area contributed by atoms with Crippen LogP contribution >= 0.6 is 0 Å². The number of esters is 1. The molecule has 1 unspecified atom stereocenters.